The minimum Gasteiger partial charge on any atom is -0.127 e. The normalized spacial score (nSPS) is 9.30. The van der Waals surface area contributed by atoms with Crippen molar-refractivity contribution in [1.82, 2.24) is 0 Å². The lowest BCUT2D eigenvalue weighted by molar-refractivity contribution is 0.594. The van der Waals surface area contributed by atoms with E-state index in [1.165, 1.54) is 18.4 Å². The molecule has 10 heavy (non-hydrogen) atoms. The van der Waals surface area contributed by atoms with E-state index in [0.29, 0.717) is 0 Å². The average molecular weight is 138 g/mol. The monoisotopic (exact) mass is 138 g/mol. The summed E-state index contributed by atoms with van der Waals surface area (Å²) in [6, 6.07) is 0. The molecular formula is C10H18. The molecule has 0 heterocycles. The molecule has 0 aromatic heterocycles. The highest BCUT2D eigenvalue weighted by Gasteiger charge is 1.88. The van der Waals surface area contributed by atoms with Crippen LogP contribution in [0.5, 0.6) is 0 Å². The lowest BCUT2D eigenvalue weighted by atomic mass is 10.1. The summed E-state index contributed by atoms with van der Waals surface area (Å²) < 4.78 is 0. The molecule has 0 saturated carbocycles. The molecule has 0 aliphatic heterocycles. The van der Waals surface area contributed by atoms with Crippen LogP contribution >= 0.6 is 0 Å². The lowest BCUT2D eigenvalue weighted by Gasteiger charge is -1.97. The minimum absolute atomic E-state index is 0.815. The van der Waals surface area contributed by atoms with Crippen LogP contribution < -0.4 is 0 Å². The van der Waals surface area contributed by atoms with Gasteiger partial charge in [0.05, 0.1) is 0 Å². The molecule has 0 aliphatic rings. The first-order valence-corrected chi connectivity index (χ1v) is 4.01. The van der Waals surface area contributed by atoms with Gasteiger partial charge in [0.25, 0.3) is 0 Å². The van der Waals surface area contributed by atoms with Gasteiger partial charge < -0.3 is 0 Å². The van der Waals surface area contributed by atoms with E-state index in [2.05, 4.69) is 39.5 Å². The van der Waals surface area contributed by atoms with Crippen LogP contribution in [0.25, 0.3) is 0 Å². The number of hydrogen-bond donors (Lipinski definition) is 0. The number of hydrogen-bond acceptors (Lipinski definition) is 0. The molecule has 0 fully saturated rings. The van der Waals surface area contributed by atoms with Crippen molar-refractivity contribution >= 4 is 0 Å². The second kappa shape index (κ2) is 5.32. The highest BCUT2D eigenvalue weighted by Crippen LogP contribution is 2.03. The van der Waals surface area contributed by atoms with Crippen molar-refractivity contribution in [3.63, 3.8) is 0 Å². The Kier molecular flexibility index (Phi) is 5.06. The van der Waals surface area contributed by atoms with Crippen LogP contribution in [0.2, 0.25) is 0 Å². The molecule has 0 rings (SSSR count). The maximum absolute atomic E-state index is 3.19. The zero-order chi connectivity index (χ0) is 7.98. The maximum Gasteiger partial charge on any atom is -0.0272 e. The summed E-state index contributed by atoms with van der Waals surface area (Å²) >= 11 is 0. The smallest absolute Gasteiger partial charge is 0.0272 e. The van der Waals surface area contributed by atoms with E-state index in [-0.39, 0.29) is 0 Å². The van der Waals surface area contributed by atoms with E-state index < -0.39 is 0 Å². The fraction of sp³-hybridized carbons (Fsp3) is 0.700. The van der Waals surface area contributed by atoms with Crippen LogP contribution in [-0.4, -0.2) is 0 Å². The predicted octanol–water partition coefficient (Wildman–Crippen LogP) is 3.54. The molecule has 0 bridgehead atoms. The van der Waals surface area contributed by atoms with E-state index in [9.17, 15) is 0 Å². The largest absolute Gasteiger partial charge is 0.127 e. The van der Waals surface area contributed by atoms with Gasteiger partial charge in [-0.25, -0.2) is 0 Å². The van der Waals surface area contributed by atoms with E-state index in [1.54, 1.807) is 0 Å². The van der Waals surface area contributed by atoms with Crippen LogP contribution in [-0.2, 0) is 0 Å². The quantitative estimate of drug-likeness (QED) is 0.523. The van der Waals surface area contributed by atoms with E-state index in [0.717, 1.165) is 5.92 Å². The maximum atomic E-state index is 3.19. The third kappa shape index (κ3) is 7.52. The van der Waals surface area contributed by atoms with E-state index in [4.69, 9.17) is 0 Å². The van der Waals surface area contributed by atoms with Crippen molar-refractivity contribution in [1.29, 1.82) is 0 Å². The Morgan fingerprint density at radius 2 is 2.00 bits per heavy atom. The van der Waals surface area contributed by atoms with Gasteiger partial charge in [0.2, 0.25) is 0 Å². The number of rotatable bonds is 3. The summed E-state index contributed by atoms with van der Waals surface area (Å²) in [5, 5.41) is 0. The van der Waals surface area contributed by atoms with Crippen molar-refractivity contribution in [2.75, 3.05) is 0 Å². The van der Waals surface area contributed by atoms with Gasteiger partial charge in [-0.05, 0) is 44.3 Å². The van der Waals surface area contributed by atoms with Gasteiger partial charge in [-0.3, -0.25) is 0 Å². The molecule has 0 aliphatic carbocycles. The van der Waals surface area contributed by atoms with Gasteiger partial charge >= 0.3 is 0 Å². The second-order valence-corrected chi connectivity index (χ2v) is 3.32. The molecule has 0 radical (unpaired) electrons. The first-order chi connectivity index (χ1) is 4.63. The summed E-state index contributed by atoms with van der Waals surface area (Å²) in [5.74, 6) is 0.815. The van der Waals surface area contributed by atoms with Crippen molar-refractivity contribution in [3.8, 4) is 0 Å². The fourth-order valence-electron chi connectivity index (χ4n) is 0.693. The SMILES string of the molecule is CC(C)=C=CCCC(C)C. The first-order valence-electron chi connectivity index (χ1n) is 4.01. The molecule has 0 atom stereocenters. The van der Waals surface area contributed by atoms with Gasteiger partial charge in [0, 0.05) is 0 Å². The molecule has 0 aromatic rings. The summed E-state index contributed by atoms with van der Waals surface area (Å²) in [7, 11) is 0. The van der Waals surface area contributed by atoms with E-state index >= 15 is 0 Å². The highest BCUT2D eigenvalue weighted by atomic mass is 13.9. The standard InChI is InChI=1S/C10H18/c1-9(2)7-5-6-8-10(3)4/h5,10H,6,8H2,1-4H3. The van der Waals surface area contributed by atoms with Gasteiger partial charge in [0.1, 0.15) is 0 Å². The average Bonchev–Trinajstić information content (AvgIpc) is 1.79. The summed E-state index contributed by atoms with van der Waals surface area (Å²) in [5.41, 5.74) is 4.46. The van der Waals surface area contributed by atoms with Gasteiger partial charge in [-0.15, -0.1) is 5.73 Å². The summed E-state index contributed by atoms with van der Waals surface area (Å²) in [6.07, 6.45) is 4.58. The molecule has 0 nitrogen and oxygen atoms in total. The molecule has 0 aromatic carbocycles. The Balaban J connectivity index is 3.46. The van der Waals surface area contributed by atoms with Crippen LogP contribution in [0.15, 0.2) is 17.4 Å². The second-order valence-electron chi connectivity index (χ2n) is 3.32. The van der Waals surface area contributed by atoms with Gasteiger partial charge in [0.15, 0.2) is 0 Å². The molecule has 0 amide bonds. The first kappa shape index (κ1) is 9.52. The Hall–Kier alpha value is -0.480. The number of allylic oxidation sites excluding steroid dienone is 1. The lowest BCUT2D eigenvalue weighted by Crippen LogP contribution is -1.82. The van der Waals surface area contributed by atoms with Gasteiger partial charge in [-0.1, -0.05) is 13.8 Å². The molecular weight excluding hydrogens is 120 g/mol. The van der Waals surface area contributed by atoms with Crippen LogP contribution in [0.1, 0.15) is 40.5 Å². The third-order valence-electron chi connectivity index (χ3n) is 1.28. The van der Waals surface area contributed by atoms with Crippen molar-refractivity contribution in [2.24, 2.45) is 5.92 Å². The van der Waals surface area contributed by atoms with Gasteiger partial charge in [-0.2, -0.15) is 0 Å². The summed E-state index contributed by atoms with van der Waals surface area (Å²) in [4.78, 5) is 0. The predicted molar refractivity (Wildman–Crippen MR) is 47.0 cm³/mol. The zero-order valence-corrected chi connectivity index (χ0v) is 7.57. The third-order valence-corrected chi connectivity index (χ3v) is 1.28. The Bertz CT molecular complexity index is 130. The highest BCUT2D eigenvalue weighted by molar-refractivity contribution is 4.93. The van der Waals surface area contributed by atoms with Crippen LogP contribution in [0.3, 0.4) is 0 Å². The topological polar surface area (TPSA) is 0 Å². The molecule has 0 saturated heterocycles. The molecule has 0 spiro atoms. The van der Waals surface area contributed by atoms with Crippen molar-refractivity contribution in [2.45, 2.75) is 40.5 Å². The minimum atomic E-state index is 0.815. The van der Waals surface area contributed by atoms with E-state index in [1.807, 2.05) is 0 Å². The zero-order valence-electron chi connectivity index (χ0n) is 7.57. The van der Waals surface area contributed by atoms with Crippen LogP contribution in [0.4, 0.5) is 0 Å². The fourth-order valence-corrected chi connectivity index (χ4v) is 0.693. The van der Waals surface area contributed by atoms with Crippen molar-refractivity contribution in [3.05, 3.63) is 17.4 Å². The Labute approximate surface area is 64.6 Å². The summed E-state index contributed by atoms with van der Waals surface area (Å²) in [6.45, 7) is 8.64. The Morgan fingerprint density at radius 1 is 1.40 bits per heavy atom. The molecule has 0 N–H and O–H groups in total. The molecule has 0 heteroatoms. The molecule has 0 unspecified atom stereocenters. The van der Waals surface area contributed by atoms with Crippen molar-refractivity contribution < 1.29 is 0 Å². The van der Waals surface area contributed by atoms with Crippen LogP contribution in [0, 0.1) is 5.92 Å². The Morgan fingerprint density at radius 3 is 2.40 bits per heavy atom. The molecule has 58 valence electrons.